The summed E-state index contributed by atoms with van der Waals surface area (Å²) in [6, 6.07) is 4.76. The van der Waals surface area contributed by atoms with Crippen molar-refractivity contribution in [2.75, 3.05) is 19.7 Å². The van der Waals surface area contributed by atoms with E-state index in [0.717, 1.165) is 6.42 Å². The first-order valence-corrected chi connectivity index (χ1v) is 6.77. The van der Waals surface area contributed by atoms with Gasteiger partial charge >= 0.3 is 0 Å². The molecule has 0 spiro atoms. The minimum Gasteiger partial charge on any atom is -0.375 e. The number of halogens is 2. The number of benzene rings is 1. The van der Waals surface area contributed by atoms with E-state index in [1.165, 1.54) is 6.07 Å². The number of carbonyl (C=O) groups excluding carboxylic acids is 1. The van der Waals surface area contributed by atoms with Gasteiger partial charge in [0.1, 0.15) is 5.82 Å². The molecule has 1 aromatic carbocycles. The SMILES string of the molecule is CCC1CN(C(=O)c2cccc(Br)c2F)CCO1. The predicted molar refractivity (Wildman–Crippen MR) is 70.0 cm³/mol. The summed E-state index contributed by atoms with van der Waals surface area (Å²) >= 11 is 3.09. The first-order valence-electron chi connectivity index (χ1n) is 5.98. The van der Waals surface area contributed by atoms with Crippen molar-refractivity contribution in [3.63, 3.8) is 0 Å². The van der Waals surface area contributed by atoms with E-state index in [4.69, 9.17) is 4.74 Å². The number of morpholine rings is 1. The number of hydrogen-bond donors (Lipinski definition) is 0. The molecule has 1 aromatic rings. The Bertz CT molecular complexity index is 453. The van der Waals surface area contributed by atoms with E-state index >= 15 is 0 Å². The quantitative estimate of drug-likeness (QED) is 0.840. The summed E-state index contributed by atoms with van der Waals surface area (Å²) in [4.78, 5) is 13.9. The van der Waals surface area contributed by atoms with Crippen molar-refractivity contribution in [3.8, 4) is 0 Å². The summed E-state index contributed by atoms with van der Waals surface area (Å²) < 4.78 is 19.7. The first kappa shape index (κ1) is 13.5. The molecule has 1 saturated heterocycles. The van der Waals surface area contributed by atoms with Gasteiger partial charge in [-0.15, -0.1) is 0 Å². The minimum atomic E-state index is -0.498. The molecule has 0 aliphatic carbocycles. The van der Waals surface area contributed by atoms with Gasteiger partial charge in [0.2, 0.25) is 0 Å². The highest BCUT2D eigenvalue weighted by molar-refractivity contribution is 9.10. The third-order valence-electron chi connectivity index (χ3n) is 3.06. The van der Waals surface area contributed by atoms with Crippen LogP contribution >= 0.6 is 15.9 Å². The third-order valence-corrected chi connectivity index (χ3v) is 3.68. The minimum absolute atomic E-state index is 0.0536. The van der Waals surface area contributed by atoms with Crippen LogP contribution in [0.15, 0.2) is 22.7 Å². The lowest BCUT2D eigenvalue weighted by molar-refractivity contribution is -0.0227. The molecule has 98 valence electrons. The van der Waals surface area contributed by atoms with Gasteiger partial charge < -0.3 is 9.64 Å². The number of nitrogens with zero attached hydrogens (tertiary/aromatic N) is 1. The van der Waals surface area contributed by atoms with Gasteiger partial charge in [0.05, 0.1) is 22.7 Å². The Hall–Kier alpha value is -0.940. The van der Waals surface area contributed by atoms with Gasteiger partial charge in [-0.25, -0.2) is 4.39 Å². The second-order valence-corrected chi connectivity index (χ2v) is 5.11. The van der Waals surface area contributed by atoms with Gasteiger partial charge in [-0.3, -0.25) is 4.79 Å². The van der Waals surface area contributed by atoms with Crippen LogP contribution in [0.2, 0.25) is 0 Å². The van der Waals surface area contributed by atoms with Crippen molar-refractivity contribution >= 4 is 21.8 Å². The summed E-state index contributed by atoms with van der Waals surface area (Å²) in [5.74, 6) is -0.766. The summed E-state index contributed by atoms with van der Waals surface area (Å²) in [5, 5.41) is 0. The molecular weight excluding hydrogens is 301 g/mol. The lowest BCUT2D eigenvalue weighted by atomic mass is 10.1. The van der Waals surface area contributed by atoms with E-state index in [2.05, 4.69) is 15.9 Å². The van der Waals surface area contributed by atoms with E-state index in [9.17, 15) is 9.18 Å². The highest BCUT2D eigenvalue weighted by Gasteiger charge is 2.26. The number of carbonyl (C=O) groups is 1. The zero-order valence-electron chi connectivity index (χ0n) is 10.2. The van der Waals surface area contributed by atoms with Gasteiger partial charge in [-0.1, -0.05) is 13.0 Å². The summed E-state index contributed by atoms with van der Waals surface area (Å²) in [5.41, 5.74) is 0.112. The molecule has 1 fully saturated rings. The molecule has 0 aromatic heterocycles. The van der Waals surface area contributed by atoms with Gasteiger partial charge in [-0.2, -0.15) is 0 Å². The average molecular weight is 316 g/mol. The van der Waals surface area contributed by atoms with Gasteiger partial charge in [-0.05, 0) is 34.5 Å². The number of rotatable bonds is 2. The van der Waals surface area contributed by atoms with Crippen molar-refractivity contribution in [1.29, 1.82) is 0 Å². The van der Waals surface area contributed by atoms with Crippen LogP contribution in [0, 0.1) is 5.82 Å². The molecule has 3 nitrogen and oxygen atoms in total. The summed E-state index contributed by atoms with van der Waals surface area (Å²) in [6.07, 6.45) is 0.906. The maximum atomic E-state index is 13.9. The Morgan fingerprint density at radius 2 is 2.39 bits per heavy atom. The van der Waals surface area contributed by atoms with Crippen molar-refractivity contribution < 1.29 is 13.9 Å². The second-order valence-electron chi connectivity index (χ2n) is 4.25. The molecule has 0 bridgehead atoms. The Morgan fingerprint density at radius 3 is 3.11 bits per heavy atom. The molecule has 18 heavy (non-hydrogen) atoms. The first-order chi connectivity index (χ1) is 8.63. The maximum absolute atomic E-state index is 13.9. The molecule has 1 aliphatic heterocycles. The van der Waals surface area contributed by atoms with E-state index in [1.54, 1.807) is 17.0 Å². The van der Waals surface area contributed by atoms with Crippen molar-refractivity contribution in [1.82, 2.24) is 4.90 Å². The lowest BCUT2D eigenvalue weighted by Gasteiger charge is -2.32. The number of ether oxygens (including phenoxy) is 1. The molecule has 2 rings (SSSR count). The monoisotopic (exact) mass is 315 g/mol. The smallest absolute Gasteiger partial charge is 0.257 e. The van der Waals surface area contributed by atoms with E-state index in [1.807, 2.05) is 6.92 Å². The van der Waals surface area contributed by atoms with Crippen LogP contribution in [-0.2, 0) is 4.74 Å². The highest BCUT2D eigenvalue weighted by atomic mass is 79.9. The molecule has 1 heterocycles. The predicted octanol–water partition coefficient (Wildman–Crippen LogP) is 2.84. The van der Waals surface area contributed by atoms with Crippen LogP contribution in [0.5, 0.6) is 0 Å². The fourth-order valence-corrected chi connectivity index (χ4v) is 2.36. The number of amides is 1. The average Bonchev–Trinajstić information content (AvgIpc) is 2.41. The fraction of sp³-hybridized carbons (Fsp3) is 0.462. The van der Waals surface area contributed by atoms with E-state index in [-0.39, 0.29) is 17.6 Å². The maximum Gasteiger partial charge on any atom is 0.257 e. The van der Waals surface area contributed by atoms with Crippen molar-refractivity contribution in [2.45, 2.75) is 19.4 Å². The van der Waals surface area contributed by atoms with Crippen molar-refractivity contribution in [3.05, 3.63) is 34.1 Å². The van der Waals surface area contributed by atoms with Crippen LogP contribution in [0.25, 0.3) is 0 Å². The number of hydrogen-bond acceptors (Lipinski definition) is 2. The Labute approximate surface area is 114 Å². The highest BCUT2D eigenvalue weighted by Crippen LogP contribution is 2.21. The molecular formula is C13H15BrFNO2. The normalized spacial score (nSPS) is 19.9. The largest absolute Gasteiger partial charge is 0.375 e. The van der Waals surface area contributed by atoms with Crippen LogP contribution in [-0.4, -0.2) is 36.6 Å². The van der Waals surface area contributed by atoms with Gasteiger partial charge in [0.15, 0.2) is 0 Å². The van der Waals surface area contributed by atoms with Crippen LogP contribution < -0.4 is 0 Å². The molecule has 1 atom stereocenters. The van der Waals surface area contributed by atoms with E-state index < -0.39 is 5.82 Å². The van der Waals surface area contributed by atoms with Crippen molar-refractivity contribution in [2.24, 2.45) is 0 Å². The molecule has 0 radical (unpaired) electrons. The summed E-state index contributed by atoms with van der Waals surface area (Å²) in [7, 11) is 0. The Morgan fingerprint density at radius 1 is 1.61 bits per heavy atom. The molecule has 0 N–H and O–H groups in total. The zero-order chi connectivity index (χ0) is 13.1. The Balaban J connectivity index is 2.18. The second kappa shape index (κ2) is 5.80. The van der Waals surface area contributed by atoms with Crippen LogP contribution in [0.3, 0.4) is 0 Å². The molecule has 5 heteroatoms. The van der Waals surface area contributed by atoms with Crippen LogP contribution in [0.1, 0.15) is 23.7 Å². The fourth-order valence-electron chi connectivity index (χ4n) is 1.99. The standard InChI is InChI=1S/C13H15BrFNO2/c1-2-9-8-16(6-7-18-9)13(17)10-4-3-5-11(14)12(10)15/h3-5,9H,2,6-8H2,1H3. The molecule has 1 aliphatic rings. The molecule has 1 unspecified atom stereocenters. The van der Waals surface area contributed by atoms with E-state index in [0.29, 0.717) is 24.2 Å². The molecule has 1 amide bonds. The van der Waals surface area contributed by atoms with Gasteiger partial charge in [0.25, 0.3) is 5.91 Å². The lowest BCUT2D eigenvalue weighted by Crippen LogP contribution is -2.45. The topological polar surface area (TPSA) is 29.5 Å². The van der Waals surface area contributed by atoms with Gasteiger partial charge in [0, 0.05) is 13.1 Å². The third kappa shape index (κ3) is 2.72. The zero-order valence-corrected chi connectivity index (χ0v) is 11.7. The Kier molecular flexibility index (Phi) is 4.35. The van der Waals surface area contributed by atoms with Crippen LogP contribution in [0.4, 0.5) is 4.39 Å². The summed E-state index contributed by atoms with van der Waals surface area (Å²) in [6.45, 7) is 3.57. The molecule has 0 saturated carbocycles.